The Morgan fingerprint density at radius 2 is 2.00 bits per heavy atom. The number of hydrogen-bond acceptors (Lipinski definition) is 4. The Labute approximate surface area is 114 Å². The lowest BCUT2D eigenvalue weighted by Crippen LogP contribution is -2.45. The molecule has 1 aromatic heterocycles. The van der Waals surface area contributed by atoms with Crippen LogP contribution in [-0.4, -0.2) is 33.0 Å². The first-order valence-electron chi connectivity index (χ1n) is 6.18. The number of nitrogens with one attached hydrogen (secondary N) is 3. The number of carboxylic acids is 1. The van der Waals surface area contributed by atoms with Gasteiger partial charge in [0.05, 0.1) is 6.42 Å². The maximum absolute atomic E-state index is 11.8. The van der Waals surface area contributed by atoms with Gasteiger partial charge in [-0.15, -0.1) is 0 Å². The molecule has 8 nitrogen and oxygen atoms in total. The van der Waals surface area contributed by atoms with E-state index < -0.39 is 29.2 Å². The number of hydrogen-bond donors (Lipinski definition) is 4. The summed E-state index contributed by atoms with van der Waals surface area (Å²) in [5, 5.41) is 11.4. The van der Waals surface area contributed by atoms with E-state index in [4.69, 9.17) is 5.11 Å². The number of aliphatic carboxylic acids is 1. The van der Waals surface area contributed by atoms with Crippen molar-refractivity contribution in [3.05, 3.63) is 32.6 Å². The molecule has 0 aromatic carbocycles. The molecular weight excluding hydrogens is 266 g/mol. The van der Waals surface area contributed by atoms with Crippen LogP contribution >= 0.6 is 0 Å². The van der Waals surface area contributed by atoms with Crippen molar-refractivity contribution >= 4 is 11.9 Å². The molecule has 0 aliphatic rings. The topological polar surface area (TPSA) is 132 Å². The normalized spacial score (nSPS) is 13.5. The lowest BCUT2D eigenvalue weighted by Gasteiger charge is -2.20. The molecule has 0 aliphatic carbocycles. The van der Waals surface area contributed by atoms with E-state index in [1.807, 2.05) is 11.9 Å². The van der Waals surface area contributed by atoms with Gasteiger partial charge in [0, 0.05) is 11.8 Å². The number of rotatable bonds is 6. The van der Waals surface area contributed by atoms with Crippen molar-refractivity contribution in [1.29, 1.82) is 0 Å². The summed E-state index contributed by atoms with van der Waals surface area (Å²) in [5.41, 5.74) is -1.20. The van der Waals surface area contributed by atoms with Gasteiger partial charge in [-0.3, -0.25) is 14.6 Å². The number of carbonyl (C=O) groups excluding carboxylic acids is 1. The average molecular weight is 283 g/mol. The third kappa shape index (κ3) is 4.38. The van der Waals surface area contributed by atoms with Crippen LogP contribution in [0.1, 0.15) is 26.0 Å². The second-order valence-electron chi connectivity index (χ2n) is 4.56. The lowest BCUT2D eigenvalue weighted by atomic mass is 9.99. The quantitative estimate of drug-likeness (QED) is 0.543. The van der Waals surface area contributed by atoms with Crippen LogP contribution < -0.4 is 16.6 Å². The van der Waals surface area contributed by atoms with Crippen molar-refractivity contribution in [2.45, 2.75) is 32.7 Å². The van der Waals surface area contributed by atoms with E-state index in [2.05, 4.69) is 10.3 Å². The number of aromatic nitrogens is 2. The Kier molecular flexibility index (Phi) is 5.24. The third-order valence-corrected chi connectivity index (χ3v) is 2.96. The second-order valence-corrected chi connectivity index (χ2v) is 4.56. The monoisotopic (exact) mass is 283 g/mol. The SMILES string of the molecule is CCC(C)[C@H](NC(=O)Cc1cc(=O)[nH]c(=O)[nH]1)C(=O)O. The maximum Gasteiger partial charge on any atom is 0.326 e. The first kappa shape index (κ1) is 15.7. The summed E-state index contributed by atoms with van der Waals surface area (Å²) in [7, 11) is 0. The highest BCUT2D eigenvalue weighted by Crippen LogP contribution is 2.08. The molecule has 110 valence electrons. The molecular formula is C12H17N3O5. The third-order valence-electron chi connectivity index (χ3n) is 2.96. The van der Waals surface area contributed by atoms with E-state index in [1.54, 1.807) is 6.92 Å². The van der Waals surface area contributed by atoms with E-state index in [1.165, 1.54) is 0 Å². The van der Waals surface area contributed by atoms with E-state index in [-0.39, 0.29) is 18.0 Å². The van der Waals surface area contributed by atoms with Crippen molar-refractivity contribution in [3.63, 3.8) is 0 Å². The largest absolute Gasteiger partial charge is 0.480 e. The molecule has 1 unspecified atom stereocenters. The Morgan fingerprint density at radius 3 is 2.50 bits per heavy atom. The van der Waals surface area contributed by atoms with Crippen LogP contribution in [0.3, 0.4) is 0 Å². The van der Waals surface area contributed by atoms with Gasteiger partial charge in [-0.1, -0.05) is 20.3 Å². The average Bonchev–Trinajstić information content (AvgIpc) is 2.33. The lowest BCUT2D eigenvalue weighted by molar-refractivity contribution is -0.143. The highest BCUT2D eigenvalue weighted by Gasteiger charge is 2.25. The molecule has 1 aromatic rings. The number of aromatic amines is 2. The summed E-state index contributed by atoms with van der Waals surface area (Å²) in [4.78, 5) is 49.2. The molecule has 4 N–H and O–H groups in total. The van der Waals surface area contributed by atoms with Crippen LogP contribution in [0.5, 0.6) is 0 Å². The smallest absolute Gasteiger partial charge is 0.326 e. The fourth-order valence-electron chi connectivity index (χ4n) is 1.70. The van der Waals surface area contributed by atoms with Gasteiger partial charge in [-0.25, -0.2) is 9.59 Å². The predicted octanol–water partition coefficient (Wildman–Crippen LogP) is -0.779. The molecule has 0 bridgehead atoms. The zero-order chi connectivity index (χ0) is 15.3. The van der Waals surface area contributed by atoms with Crippen LogP contribution in [0.25, 0.3) is 0 Å². The highest BCUT2D eigenvalue weighted by atomic mass is 16.4. The zero-order valence-corrected chi connectivity index (χ0v) is 11.2. The highest BCUT2D eigenvalue weighted by molar-refractivity contribution is 5.84. The van der Waals surface area contributed by atoms with E-state index in [0.29, 0.717) is 6.42 Å². The first-order chi connectivity index (χ1) is 9.33. The summed E-state index contributed by atoms with van der Waals surface area (Å²) in [5.74, 6) is -1.92. The van der Waals surface area contributed by atoms with Crippen molar-refractivity contribution in [1.82, 2.24) is 15.3 Å². The number of carboxylic acid groups (broad SMARTS) is 1. The van der Waals surface area contributed by atoms with Crippen LogP contribution in [0.15, 0.2) is 15.7 Å². The molecule has 0 spiro atoms. The van der Waals surface area contributed by atoms with E-state index in [9.17, 15) is 19.2 Å². The molecule has 8 heteroatoms. The molecule has 20 heavy (non-hydrogen) atoms. The molecule has 1 rings (SSSR count). The second kappa shape index (κ2) is 6.69. The predicted molar refractivity (Wildman–Crippen MR) is 70.4 cm³/mol. The number of H-pyrrole nitrogens is 2. The van der Waals surface area contributed by atoms with Crippen LogP contribution in [0, 0.1) is 5.92 Å². The zero-order valence-electron chi connectivity index (χ0n) is 11.2. The molecule has 0 saturated heterocycles. The minimum atomic E-state index is -1.12. The standard InChI is InChI=1S/C12H17N3O5/c1-3-6(2)10(11(18)19)14-8(16)4-7-5-9(17)15-12(20)13-7/h5-6,10H,3-4H2,1-2H3,(H,14,16)(H,18,19)(H2,13,15,17,20)/t6?,10-/m0/s1. The van der Waals surface area contributed by atoms with Crippen LogP contribution in [-0.2, 0) is 16.0 Å². The molecule has 0 saturated carbocycles. The summed E-state index contributed by atoms with van der Waals surface area (Å²) in [6, 6.07) is 0.0845. The van der Waals surface area contributed by atoms with Crippen molar-refractivity contribution in [2.75, 3.05) is 0 Å². The maximum atomic E-state index is 11.8. The first-order valence-corrected chi connectivity index (χ1v) is 6.18. The summed E-state index contributed by atoms with van der Waals surface area (Å²) in [6.07, 6.45) is 0.332. The minimum absolute atomic E-state index is 0.129. The Bertz CT molecular complexity index is 575. The van der Waals surface area contributed by atoms with Gasteiger partial charge in [0.1, 0.15) is 6.04 Å². The Morgan fingerprint density at radius 1 is 1.35 bits per heavy atom. The van der Waals surface area contributed by atoms with E-state index in [0.717, 1.165) is 6.07 Å². The molecule has 2 atom stereocenters. The van der Waals surface area contributed by atoms with Gasteiger partial charge in [0.25, 0.3) is 5.56 Å². The van der Waals surface area contributed by atoms with Crippen molar-refractivity contribution in [3.8, 4) is 0 Å². The molecule has 0 aliphatic heterocycles. The summed E-state index contributed by atoms with van der Waals surface area (Å²) in [6.45, 7) is 3.54. The van der Waals surface area contributed by atoms with Crippen molar-refractivity contribution < 1.29 is 14.7 Å². The van der Waals surface area contributed by atoms with Gasteiger partial charge in [-0.2, -0.15) is 0 Å². The number of amides is 1. The van der Waals surface area contributed by atoms with Gasteiger partial charge in [0.15, 0.2) is 0 Å². The minimum Gasteiger partial charge on any atom is -0.480 e. The van der Waals surface area contributed by atoms with Crippen LogP contribution in [0.4, 0.5) is 0 Å². The molecule has 1 amide bonds. The summed E-state index contributed by atoms with van der Waals surface area (Å²) < 4.78 is 0. The summed E-state index contributed by atoms with van der Waals surface area (Å²) >= 11 is 0. The Balaban J connectivity index is 2.78. The van der Waals surface area contributed by atoms with Gasteiger partial charge >= 0.3 is 11.7 Å². The van der Waals surface area contributed by atoms with E-state index >= 15 is 0 Å². The van der Waals surface area contributed by atoms with Gasteiger partial charge in [0.2, 0.25) is 5.91 Å². The van der Waals surface area contributed by atoms with Crippen molar-refractivity contribution in [2.24, 2.45) is 5.92 Å². The van der Waals surface area contributed by atoms with Gasteiger partial charge in [-0.05, 0) is 5.92 Å². The number of carbonyl (C=O) groups is 2. The molecule has 1 heterocycles. The molecule has 0 radical (unpaired) electrons. The fraction of sp³-hybridized carbons (Fsp3) is 0.500. The van der Waals surface area contributed by atoms with Crippen LogP contribution in [0.2, 0.25) is 0 Å². The molecule has 0 fully saturated rings. The van der Waals surface area contributed by atoms with Gasteiger partial charge < -0.3 is 15.4 Å². The Hall–Kier alpha value is -2.38. The fourth-order valence-corrected chi connectivity index (χ4v) is 1.70.